The average molecular weight is 370 g/mol. The van der Waals surface area contributed by atoms with E-state index >= 15 is 0 Å². The third kappa shape index (κ3) is 2.40. The van der Waals surface area contributed by atoms with Gasteiger partial charge in [-0.3, -0.25) is 0 Å². The van der Waals surface area contributed by atoms with Crippen molar-refractivity contribution in [2.45, 2.75) is 12.5 Å². The van der Waals surface area contributed by atoms with E-state index in [1.165, 1.54) is 0 Å². The third-order valence-corrected chi connectivity index (χ3v) is 4.57. The van der Waals surface area contributed by atoms with Crippen molar-refractivity contribution in [3.63, 3.8) is 0 Å². The van der Waals surface area contributed by atoms with E-state index < -0.39 is 5.60 Å². The lowest BCUT2D eigenvalue weighted by Gasteiger charge is -2.31. The van der Waals surface area contributed by atoms with E-state index in [9.17, 15) is 0 Å². The zero-order valence-corrected chi connectivity index (χ0v) is 13.5. The summed E-state index contributed by atoms with van der Waals surface area (Å²) in [5.74, 6) is 0. The van der Waals surface area contributed by atoms with Gasteiger partial charge in [0.05, 0.1) is 0 Å². The van der Waals surface area contributed by atoms with Gasteiger partial charge in [-0.15, -0.1) is 0 Å². The minimum Gasteiger partial charge on any atom is -0.369 e. The van der Waals surface area contributed by atoms with Crippen LogP contribution in [0.25, 0.3) is 0 Å². The molecule has 2 aromatic rings. The molecule has 0 radical (unpaired) electrons. The standard InChI is InChI=1S/C15H14Br2O/c1-15(18-2,11-7-3-5-9-13(11)16)12-8-4-6-10-14(12)17/h3-10H,1-2H3. The summed E-state index contributed by atoms with van der Waals surface area (Å²) >= 11 is 7.20. The molecule has 0 unspecified atom stereocenters. The molecule has 0 aliphatic carbocycles. The van der Waals surface area contributed by atoms with Gasteiger partial charge >= 0.3 is 0 Å². The highest BCUT2D eigenvalue weighted by atomic mass is 79.9. The molecule has 1 nitrogen and oxygen atoms in total. The van der Waals surface area contributed by atoms with Crippen LogP contribution in [0.1, 0.15) is 18.1 Å². The highest BCUT2D eigenvalue weighted by Crippen LogP contribution is 2.39. The second-order valence-corrected chi connectivity index (χ2v) is 5.91. The number of methoxy groups -OCH3 is 1. The molecule has 0 spiro atoms. The zero-order chi connectivity index (χ0) is 13.2. The van der Waals surface area contributed by atoms with Crippen molar-refractivity contribution < 1.29 is 4.74 Å². The molecule has 3 heteroatoms. The van der Waals surface area contributed by atoms with Gasteiger partial charge in [0.25, 0.3) is 0 Å². The molecule has 0 aromatic heterocycles. The Morgan fingerprint density at radius 1 is 0.833 bits per heavy atom. The van der Waals surface area contributed by atoms with Gasteiger partial charge < -0.3 is 4.74 Å². The molecule has 0 heterocycles. The third-order valence-electron chi connectivity index (χ3n) is 3.18. The first kappa shape index (κ1) is 13.8. The topological polar surface area (TPSA) is 9.23 Å². The number of halogens is 2. The first-order valence-corrected chi connectivity index (χ1v) is 7.23. The molecule has 2 aromatic carbocycles. The molecular formula is C15H14Br2O. The predicted octanol–water partition coefficient (Wildman–Crippen LogP) is 5.12. The fourth-order valence-corrected chi connectivity index (χ4v) is 3.39. The molecule has 0 amide bonds. The van der Waals surface area contributed by atoms with Crippen LogP contribution in [0, 0.1) is 0 Å². The quantitative estimate of drug-likeness (QED) is 0.729. The molecule has 18 heavy (non-hydrogen) atoms. The van der Waals surface area contributed by atoms with E-state index in [2.05, 4.69) is 50.9 Å². The summed E-state index contributed by atoms with van der Waals surface area (Å²) in [4.78, 5) is 0. The lowest BCUT2D eigenvalue weighted by molar-refractivity contribution is 0.0379. The Morgan fingerprint density at radius 2 is 1.22 bits per heavy atom. The maximum atomic E-state index is 5.81. The zero-order valence-electron chi connectivity index (χ0n) is 10.3. The Bertz CT molecular complexity index is 506. The normalized spacial score (nSPS) is 11.6. The van der Waals surface area contributed by atoms with E-state index in [0.717, 1.165) is 20.1 Å². The highest BCUT2D eigenvalue weighted by molar-refractivity contribution is 9.10. The first-order chi connectivity index (χ1) is 8.59. The first-order valence-electron chi connectivity index (χ1n) is 5.65. The summed E-state index contributed by atoms with van der Waals surface area (Å²) in [6, 6.07) is 16.3. The number of hydrogen-bond acceptors (Lipinski definition) is 1. The van der Waals surface area contributed by atoms with Crippen LogP contribution < -0.4 is 0 Å². The van der Waals surface area contributed by atoms with Crippen LogP contribution in [0.15, 0.2) is 57.5 Å². The van der Waals surface area contributed by atoms with Gasteiger partial charge in [-0.2, -0.15) is 0 Å². The predicted molar refractivity (Wildman–Crippen MR) is 81.7 cm³/mol. The molecule has 0 fully saturated rings. The largest absolute Gasteiger partial charge is 0.369 e. The Kier molecular flexibility index (Phi) is 4.25. The molecule has 0 aliphatic rings. The monoisotopic (exact) mass is 368 g/mol. The molecule has 0 saturated carbocycles. The molecule has 0 N–H and O–H groups in total. The van der Waals surface area contributed by atoms with Gasteiger partial charge in [0.1, 0.15) is 5.60 Å². The van der Waals surface area contributed by atoms with Crippen molar-refractivity contribution in [3.8, 4) is 0 Å². The number of benzene rings is 2. The Morgan fingerprint density at radius 3 is 1.56 bits per heavy atom. The molecule has 0 saturated heterocycles. The number of ether oxygens (including phenoxy) is 1. The Hall–Kier alpha value is -0.640. The van der Waals surface area contributed by atoms with Gasteiger partial charge in [-0.05, 0) is 19.1 Å². The van der Waals surface area contributed by atoms with Crippen LogP contribution in [-0.4, -0.2) is 7.11 Å². The van der Waals surface area contributed by atoms with E-state index in [4.69, 9.17) is 4.74 Å². The van der Waals surface area contributed by atoms with Gasteiger partial charge in [0, 0.05) is 27.2 Å². The molecule has 94 valence electrons. The van der Waals surface area contributed by atoms with Crippen molar-refractivity contribution >= 4 is 31.9 Å². The lowest BCUT2D eigenvalue weighted by atomic mass is 9.88. The van der Waals surface area contributed by atoms with Gasteiger partial charge in [0.2, 0.25) is 0 Å². The van der Waals surface area contributed by atoms with Gasteiger partial charge in [0.15, 0.2) is 0 Å². The van der Waals surface area contributed by atoms with Gasteiger partial charge in [-0.1, -0.05) is 68.3 Å². The fourth-order valence-electron chi connectivity index (χ4n) is 2.06. The Labute approximate surface area is 124 Å². The summed E-state index contributed by atoms with van der Waals surface area (Å²) in [5, 5.41) is 0. The molecule has 0 atom stereocenters. The molecule has 0 bridgehead atoms. The number of hydrogen-bond donors (Lipinski definition) is 0. The van der Waals surface area contributed by atoms with E-state index in [0.29, 0.717) is 0 Å². The molecule has 2 rings (SSSR count). The summed E-state index contributed by atoms with van der Waals surface area (Å²) in [6.07, 6.45) is 0. The van der Waals surface area contributed by atoms with Crippen LogP contribution in [0.4, 0.5) is 0 Å². The van der Waals surface area contributed by atoms with E-state index in [1.807, 2.05) is 36.4 Å². The maximum Gasteiger partial charge on any atom is 0.117 e. The van der Waals surface area contributed by atoms with Crippen LogP contribution in [0.5, 0.6) is 0 Å². The maximum absolute atomic E-state index is 5.81. The average Bonchev–Trinajstić information content (AvgIpc) is 2.39. The van der Waals surface area contributed by atoms with E-state index in [-0.39, 0.29) is 0 Å². The SMILES string of the molecule is COC(C)(c1ccccc1Br)c1ccccc1Br. The van der Waals surface area contributed by atoms with Crippen molar-refractivity contribution in [2.75, 3.05) is 7.11 Å². The van der Waals surface area contributed by atoms with Crippen LogP contribution in [0.3, 0.4) is 0 Å². The number of rotatable bonds is 3. The van der Waals surface area contributed by atoms with E-state index in [1.54, 1.807) is 7.11 Å². The molecule has 0 aliphatic heterocycles. The summed E-state index contributed by atoms with van der Waals surface area (Å²) < 4.78 is 7.90. The summed E-state index contributed by atoms with van der Waals surface area (Å²) in [5.41, 5.74) is 1.74. The Balaban J connectivity index is 2.63. The van der Waals surface area contributed by atoms with Gasteiger partial charge in [-0.25, -0.2) is 0 Å². The highest BCUT2D eigenvalue weighted by Gasteiger charge is 2.31. The minimum absolute atomic E-state index is 0.486. The molecular weight excluding hydrogens is 356 g/mol. The van der Waals surface area contributed by atoms with Crippen molar-refractivity contribution in [3.05, 3.63) is 68.6 Å². The van der Waals surface area contributed by atoms with Crippen molar-refractivity contribution in [1.29, 1.82) is 0 Å². The smallest absolute Gasteiger partial charge is 0.117 e. The summed E-state index contributed by atoms with van der Waals surface area (Å²) in [7, 11) is 1.74. The summed E-state index contributed by atoms with van der Waals surface area (Å²) in [6.45, 7) is 2.08. The second-order valence-electron chi connectivity index (χ2n) is 4.20. The minimum atomic E-state index is -0.486. The van der Waals surface area contributed by atoms with Crippen LogP contribution in [-0.2, 0) is 10.3 Å². The van der Waals surface area contributed by atoms with Crippen LogP contribution in [0.2, 0.25) is 0 Å². The lowest BCUT2D eigenvalue weighted by Crippen LogP contribution is -2.27. The van der Waals surface area contributed by atoms with Crippen LogP contribution >= 0.6 is 31.9 Å². The second kappa shape index (κ2) is 5.55. The fraction of sp³-hybridized carbons (Fsp3) is 0.200. The van der Waals surface area contributed by atoms with Crippen molar-refractivity contribution in [2.24, 2.45) is 0 Å². The van der Waals surface area contributed by atoms with Crippen molar-refractivity contribution in [1.82, 2.24) is 0 Å².